The Balaban J connectivity index is 2.18. The molecular formula is C16H23N5O2S. The van der Waals surface area contributed by atoms with E-state index in [-0.39, 0.29) is 29.0 Å². The molecule has 1 amide bonds. The Morgan fingerprint density at radius 2 is 1.71 bits per heavy atom. The highest BCUT2D eigenvalue weighted by atomic mass is 32.2. The molecular weight excluding hydrogens is 326 g/mol. The Kier molecular flexibility index (Phi) is 5.82. The van der Waals surface area contributed by atoms with Gasteiger partial charge in [-0.2, -0.15) is 4.68 Å². The van der Waals surface area contributed by atoms with Gasteiger partial charge in [-0.05, 0) is 69.3 Å². The average molecular weight is 349 g/mol. The number of phenols is 1. The van der Waals surface area contributed by atoms with Gasteiger partial charge in [-0.3, -0.25) is 4.79 Å². The molecule has 8 heteroatoms. The highest BCUT2D eigenvalue weighted by molar-refractivity contribution is 8.00. The quantitative estimate of drug-likeness (QED) is 0.807. The fraction of sp³-hybridized carbons (Fsp3) is 0.500. The summed E-state index contributed by atoms with van der Waals surface area (Å²) in [5, 5.41) is 21.3. The standard InChI is InChI=1S/C16H23N5O2S/c1-10(2)20(11(3)4)15(23)12(5)24-16-17-18-19-21(16)13-6-8-14(22)9-7-13/h6-12,22H,1-5H3/t12-/m0/s1. The van der Waals surface area contributed by atoms with E-state index in [9.17, 15) is 9.90 Å². The Bertz CT molecular complexity index is 676. The molecule has 0 aliphatic rings. The monoisotopic (exact) mass is 349 g/mol. The van der Waals surface area contributed by atoms with Crippen molar-refractivity contribution in [2.45, 2.75) is 57.1 Å². The van der Waals surface area contributed by atoms with Gasteiger partial charge in [0.15, 0.2) is 0 Å². The van der Waals surface area contributed by atoms with Crippen molar-refractivity contribution in [2.75, 3.05) is 0 Å². The van der Waals surface area contributed by atoms with Crippen LogP contribution in [-0.4, -0.2) is 53.5 Å². The fourth-order valence-electron chi connectivity index (χ4n) is 2.53. The maximum atomic E-state index is 12.7. The van der Waals surface area contributed by atoms with Gasteiger partial charge in [0.2, 0.25) is 11.1 Å². The van der Waals surface area contributed by atoms with Crippen molar-refractivity contribution in [1.29, 1.82) is 0 Å². The van der Waals surface area contributed by atoms with Gasteiger partial charge in [0, 0.05) is 12.1 Å². The third-order valence-electron chi connectivity index (χ3n) is 3.53. The van der Waals surface area contributed by atoms with Gasteiger partial charge in [-0.25, -0.2) is 0 Å². The normalized spacial score (nSPS) is 12.6. The highest BCUT2D eigenvalue weighted by Gasteiger charge is 2.27. The molecule has 1 aromatic carbocycles. The second kappa shape index (κ2) is 7.65. The van der Waals surface area contributed by atoms with Crippen LogP contribution in [-0.2, 0) is 4.79 Å². The number of nitrogens with zero attached hydrogens (tertiary/aromatic N) is 5. The Morgan fingerprint density at radius 3 is 2.25 bits per heavy atom. The first-order valence-electron chi connectivity index (χ1n) is 7.88. The molecule has 0 radical (unpaired) electrons. The molecule has 0 aliphatic carbocycles. The minimum Gasteiger partial charge on any atom is -0.508 e. The van der Waals surface area contributed by atoms with Crippen LogP contribution in [0.15, 0.2) is 29.4 Å². The molecule has 130 valence electrons. The number of aromatic nitrogens is 4. The molecule has 0 unspecified atom stereocenters. The van der Waals surface area contributed by atoms with E-state index in [4.69, 9.17) is 0 Å². The van der Waals surface area contributed by atoms with Gasteiger partial charge in [0.05, 0.1) is 10.9 Å². The molecule has 1 atom stereocenters. The molecule has 0 spiro atoms. The Labute approximate surface area is 146 Å². The first kappa shape index (κ1) is 18.3. The summed E-state index contributed by atoms with van der Waals surface area (Å²) < 4.78 is 1.56. The Hall–Kier alpha value is -2.09. The molecule has 2 aromatic rings. The van der Waals surface area contributed by atoms with E-state index >= 15 is 0 Å². The van der Waals surface area contributed by atoms with E-state index in [2.05, 4.69) is 15.5 Å². The number of hydrogen-bond donors (Lipinski definition) is 1. The third-order valence-corrected chi connectivity index (χ3v) is 4.55. The van der Waals surface area contributed by atoms with E-state index in [1.165, 1.54) is 11.8 Å². The summed E-state index contributed by atoms with van der Waals surface area (Å²) in [5.74, 6) is 0.235. The number of phenolic OH excluding ortho intramolecular Hbond substituents is 1. The van der Waals surface area contributed by atoms with Crippen molar-refractivity contribution in [1.82, 2.24) is 25.1 Å². The number of tetrazole rings is 1. The second-order valence-electron chi connectivity index (χ2n) is 6.08. The number of amides is 1. The van der Waals surface area contributed by atoms with Crippen LogP contribution in [0.3, 0.4) is 0 Å². The third kappa shape index (κ3) is 4.05. The zero-order valence-electron chi connectivity index (χ0n) is 14.5. The van der Waals surface area contributed by atoms with Crippen LogP contribution >= 0.6 is 11.8 Å². The van der Waals surface area contributed by atoms with E-state index in [0.29, 0.717) is 5.16 Å². The maximum absolute atomic E-state index is 12.7. The first-order chi connectivity index (χ1) is 11.3. The van der Waals surface area contributed by atoms with Crippen LogP contribution in [0.5, 0.6) is 5.75 Å². The lowest BCUT2D eigenvalue weighted by Gasteiger charge is -2.32. The molecule has 0 bridgehead atoms. The lowest BCUT2D eigenvalue weighted by atomic mass is 10.2. The summed E-state index contributed by atoms with van der Waals surface area (Å²) in [7, 11) is 0. The van der Waals surface area contributed by atoms with Crippen molar-refractivity contribution >= 4 is 17.7 Å². The summed E-state index contributed by atoms with van der Waals surface area (Å²) in [6.07, 6.45) is 0. The van der Waals surface area contributed by atoms with Crippen LogP contribution in [0.1, 0.15) is 34.6 Å². The van der Waals surface area contributed by atoms with Crippen molar-refractivity contribution in [3.05, 3.63) is 24.3 Å². The number of aromatic hydroxyl groups is 1. The van der Waals surface area contributed by atoms with Crippen molar-refractivity contribution in [2.24, 2.45) is 0 Å². The summed E-state index contributed by atoms with van der Waals surface area (Å²) >= 11 is 1.32. The van der Waals surface area contributed by atoms with Crippen LogP contribution < -0.4 is 0 Å². The van der Waals surface area contributed by atoms with E-state index in [1.807, 2.05) is 39.5 Å². The number of rotatable bonds is 6. The predicted octanol–water partition coefficient (Wildman–Crippen LogP) is 2.49. The fourth-order valence-corrected chi connectivity index (χ4v) is 3.40. The molecule has 0 aliphatic heterocycles. The average Bonchev–Trinajstić information content (AvgIpc) is 2.95. The van der Waals surface area contributed by atoms with E-state index in [1.54, 1.807) is 28.9 Å². The SMILES string of the molecule is CC(C)N(C(=O)[C@H](C)Sc1nnnn1-c1ccc(O)cc1)C(C)C. The summed E-state index contributed by atoms with van der Waals surface area (Å²) in [5.41, 5.74) is 0.726. The van der Waals surface area contributed by atoms with Crippen LogP contribution in [0.25, 0.3) is 5.69 Å². The summed E-state index contributed by atoms with van der Waals surface area (Å²) in [6, 6.07) is 6.84. The number of hydrogen-bond acceptors (Lipinski definition) is 6. The smallest absolute Gasteiger partial charge is 0.236 e. The summed E-state index contributed by atoms with van der Waals surface area (Å²) in [6.45, 7) is 9.90. The van der Waals surface area contributed by atoms with Gasteiger partial charge in [0.25, 0.3) is 0 Å². The lowest BCUT2D eigenvalue weighted by molar-refractivity contribution is -0.133. The molecule has 1 aromatic heterocycles. The van der Waals surface area contributed by atoms with Crippen molar-refractivity contribution in [3.63, 3.8) is 0 Å². The lowest BCUT2D eigenvalue weighted by Crippen LogP contribution is -2.45. The number of carbonyl (C=O) groups excluding carboxylic acids is 1. The van der Waals surface area contributed by atoms with Gasteiger partial charge in [0.1, 0.15) is 5.75 Å². The van der Waals surface area contributed by atoms with Crippen LogP contribution in [0, 0.1) is 0 Å². The zero-order valence-corrected chi connectivity index (χ0v) is 15.4. The molecule has 1 heterocycles. The second-order valence-corrected chi connectivity index (χ2v) is 7.39. The minimum absolute atomic E-state index is 0.0604. The largest absolute Gasteiger partial charge is 0.508 e. The van der Waals surface area contributed by atoms with Gasteiger partial charge < -0.3 is 10.0 Å². The first-order valence-corrected chi connectivity index (χ1v) is 8.75. The minimum atomic E-state index is -0.309. The maximum Gasteiger partial charge on any atom is 0.236 e. The van der Waals surface area contributed by atoms with Gasteiger partial charge >= 0.3 is 0 Å². The number of thioether (sulfide) groups is 1. The number of benzene rings is 1. The predicted molar refractivity (Wildman–Crippen MR) is 93.3 cm³/mol. The molecule has 0 fully saturated rings. The van der Waals surface area contributed by atoms with E-state index < -0.39 is 0 Å². The van der Waals surface area contributed by atoms with Gasteiger partial charge in [-0.15, -0.1) is 5.10 Å². The molecule has 0 saturated heterocycles. The van der Waals surface area contributed by atoms with Crippen molar-refractivity contribution < 1.29 is 9.90 Å². The van der Waals surface area contributed by atoms with Crippen LogP contribution in [0.4, 0.5) is 0 Å². The van der Waals surface area contributed by atoms with E-state index in [0.717, 1.165) is 5.69 Å². The zero-order chi connectivity index (χ0) is 17.9. The molecule has 24 heavy (non-hydrogen) atoms. The van der Waals surface area contributed by atoms with Crippen molar-refractivity contribution in [3.8, 4) is 11.4 Å². The highest BCUT2D eigenvalue weighted by Crippen LogP contribution is 2.25. The molecule has 7 nitrogen and oxygen atoms in total. The number of carbonyl (C=O) groups is 1. The Morgan fingerprint density at radius 1 is 1.12 bits per heavy atom. The summed E-state index contributed by atoms with van der Waals surface area (Å²) in [4.78, 5) is 14.6. The topological polar surface area (TPSA) is 84.1 Å². The van der Waals surface area contributed by atoms with Gasteiger partial charge in [-0.1, -0.05) is 11.8 Å². The molecule has 1 N–H and O–H groups in total. The molecule has 0 saturated carbocycles. The van der Waals surface area contributed by atoms with Crippen LogP contribution in [0.2, 0.25) is 0 Å². The molecule has 2 rings (SSSR count).